The lowest BCUT2D eigenvalue weighted by molar-refractivity contribution is -0.118. The molecule has 0 saturated heterocycles. The Balaban J connectivity index is 1.69. The molecule has 2 N–H and O–H groups in total. The molecule has 0 atom stereocenters. The van der Waals surface area contributed by atoms with Crippen molar-refractivity contribution in [2.45, 2.75) is 37.6 Å². The highest BCUT2D eigenvalue weighted by Gasteiger charge is 2.28. The molecule has 150 valence electrons. The van der Waals surface area contributed by atoms with E-state index in [9.17, 15) is 13.2 Å². The Morgan fingerprint density at radius 3 is 2.50 bits per heavy atom. The average Bonchev–Trinajstić information content (AvgIpc) is 3.46. The summed E-state index contributed by atoms with van der Waals surface area (Å²) in [4.78, 5) is 12.4. The van der Waals surface area contributed by atoms with Crippen LogP contribution in [0.4, 0.5) is 5.69 Å². The van der Waals surface area contributed by atoms with Crippen LogP contribution in [0.1, 0.15) is 24.0 Å². The molecule has 0 bridgehead atoms. The highest BCUT2D eigenvalue weighted by Crippen LogP contribution is 2.29. The molecule has 8 heteroatoms. The molecule has 0 aliphatic heterocycles. The van der Waals surface area contributed by atoms with Gasteiger partial charge in [-0.1, -0.05) is 6.07 Å². The van der Waals surface area contributed by atoms with Gasteiger partial charge >= 0.3 is 0 Å². The summed E-state index contributed by atoms with van der Waals surface area (Å²) in [6.45, 7) is 3.76. The van der Waals surface area contributed by atoms with Gasteiger partial charge in [-0.15, -0.1) is 0 Å². The van der Waals surface area contributed by atoms with Gasteiger partial charge in [0, 0.05) is 6.04 Å². The number of hydrogen-bond donors (Lipinski definition) is 2. The zero-order valence-electron chi connectivity index (χ0n) is 16.1. The number of methoxy groups -OCH3 is 1. The van der Waals surface area contributed by atoms with Crippen molar-refractivity contribution in [3.05, 3.63) is 47.5 Å². The van der Waals surface area contributed by atoms with Crippen LogP contribution in [-0.2, 0) is 14.8 Å². The number of nitrogens with one attached hydrogen (secondary N) is 2. The van der Waals surface area contributed by atoms with E-state index in [4.69, 9.17) is 9.47 Å². The average molecular weight is 404 g/mol. The van der Waals surface area contributed by atoms with Crippen LogP contribution in [0.2, 0.25) is 0 Å². The zero-order valence-corrected chi connectivity index (χ0v) is 16.9. The Kier molecular flexibility index (Phi) is 5.90. The first-order valence-electron chi connectivity index (χ1n) is 8.99. The van der Waals surface area contributed by atoms with Crippen LogP contribution in [-0.4, -0.2) is 34.1 Å². The molecular formula is C20H24N2O5S. The van der Waals surface area contributed by atoms with Crippen LogP contribution in [0.3, 0.4) is 0 Å². The van der Waals surface area contributed by atoms with Gasteiger partial charge in [-0.3, -0.25) is 4.79 Å². The predicted octanol–water partition coefficient (Wildman–Crippen LogP) is 2.77. The molecule has 1 amide bonds. The van der Waals surface area contributed by atoms with Gasteiger partial charge < -0.3 is 14.8 Å². The summed E-state index contributed by atoms with van der Waals surface area (Å²) < 4.78 is 38.2. The van der Waals surface area contributed by atoms with Crippen LogP contribution in [0.25, 0.3) is 0 Å². The molecule has 2 aromatic rings. The van der Waals surface area contributed by atoms with Crippen molar-refractivity contribution < 1.29 is 22.7 Å². The lowest BCUT2D eigenvalue weighted by Gasteiger charge is -2.13. The maximum atomic E-state index is 12.4. The number of ether oxygens (including phenoxy) is 2. The number of rotatable bonds is 8. The third-order valence-electron chi connectivity index (χ3n) is 4.50. The van der Waals surface area contributed by atoms with Gasteiger partial charge in [0.25, 0.3) is 5.91 Å². The van der Waals surface area contributed by atoms with Gasteiger partial charge in [0.1, 0.15) is 11.5 Å². The molecule has 1 aliphatic carbocycles. The molecule has 0 radical (unpaired) electrons. The molecule has 1 saturated carbocycles. The molecule has 1 fully saturated rings. The number of amides is 1. The first-order valence-corrected chi connectivity index (χ1v) is 10.5. The predicted molar refractivity (Wildman–Crippen MR) is 106 cm³/mol. The summed E-state index contributed by atoms with van der Waals surface area (Å²) in [5.74, 6) is 0.543. The molecule has 0 aromatic heterocycles. The summed E-state index contributed by atoms with van der Waals surface area (Å²) in [5.41, 5.74) is 2.48. The summed E-state index contributed by atoms with van der Waals surface area (Å²) in [6.07, 6.45) is 1.68. The molecule has 3 rings (SSSR count). The number of aryl methyl sites for hydroxylation is 2. The fourth-order valence-electron chi connectivity index (χ4n) is 2.58. The maximum absolute atomic E-state index is 12.4. The van der Waals surface area contributed by atoms with E-state index in [0.29, 0.717) is 11.5 Å². The zero-order chi connectivity index (χ0) is 20.3. The normalized spacial score (nSPS) is 13.8. The van der Waals surface area contributed by atoms with Crippen LogP contribution < -0.4 is 19.5 Å². The van der Waals surface area contributed by atoms with E-state index in [1.54, 1.807) is 6.07 Å². The SMILES string of the molecule is COc1ccc(S(=O)(=O)NC2CC2)cc1NC(=O)COc1ccc(C)c(C)c1. The molecule has 0 spiro atoms. The summed E-state index contributed by atoms with van der Waals surface area (Å²) in [5, 5.41) is 2.66. The first kappa shape index (κ1) is 20.2. The number of carbonyl (C=O) groups excluding carboxylic acids is 1. The van der Waals surface area contributed by atoms with Crippen LogP contribution in [0, 0.1) is 13.8 Å². The van der Waals surface area contributed by atoms with Gasteiger partial charge in [-0.05, 0) is 68.1 Å². The molecular weight excluding hydrogens is 380 g/mol. The van der Waals surface area contributed by atoms with Crippen molar-refractivity contribution in [2.75, 3.05) is 19.0 Å². The second kappa shape index (κ2) is 8.20. The number of benzene rings is 2. The Labute approximate surface area is 165 Å². The lowest BCUT2D eigenvalue weighted by Crippen LogP contribution is -2.26. The second-order valence-electron chi connectivity index (χ2n) is 6.84. The number of hydrogen-bond acceptors (Lipinski definition) is 5. The van der Waals surface area contributed by atoms with Gasteiger partial charge in [0.15, 0.2) is 6.61 Å². The Hall–Kier alpha value is -2.58. The van der Waals surface area contributed by atoms with E-state index in [1.807, 2.05) is 26.0 Å². The topological polar surface area (TPSA) is 93.7 Å². The van der Waals surface area contributed by atoms with E-state index in [0.717, 1.165) is 24.0 Å². The number of anilines is 1. The summed E-state index contributed by atoms with van der Waals surface area (Å²) in [6, 6.07) is 9.93. The van der Waals surface area contributed by atoms with Crippen molar-refractivity contribution in [1.82, 2.24) is 4.72 Å². The minimum absolute atomic E-state index is 0.00323. The molecule has 0 unspecified atom stereocenters. The quantitative estimate of drug-likeness (QED) is 0.706. The molecule has 0 heterocycles. The third kappa shape index (κ3) is 5.02. The largest absolute Gasteiger partial charge is 0.495 e. The fraction of sp³-hybridized carbons (Fsp3) is 0.350. The molecule has 2 aromatic carbocycles. The van der Waals surface area contributed by atoms with Crippen molar-refractivity contribution in [3.8, 4) is 11.5 Å². The van der Waals surface area contributed by atoms with Crippen molar-refractivity contribution in [1.29, 1.82) is 0 Å². The molecule has 28 heavy (non-hydrogen) atoms. The van der Waals surface area contributed by atoms with Gasteiger partial charge in [-0.2, -0.15) is 0 Å². The summed E-state index contributed by atoms with van der Waals surface area (Å²) in [7, 11) is -2.18. The third-order valence-corrected chi connectivity index (χ3v) is 6.02. The highest BCUT2D eigenvalue weighted by molar-refractivity contribution is 7.89. The lowest BCUT2D eigenvalue weighted by atomic mass is 10.1. The number of sulfonamides is 1. The van der Waals surface area contributed by atoms with Gasteiger partial charge in [-0.25, -0.2) is 13.1 Å². The standard InChI is InChI=1S/C20H24N2O5S/c1-13-4-7-16(10-14(13)2)27-12-20(23)21-18-11-17(8-9-19(18)26-3)28(24,25)22-15-5-6-15/h4,7-11,15,22H,5-6,12H2,1-3H3,(H,21,23). The van der Waals surface area contributed by atoms with Crippen molar-refractivity contribution in [3.63, 3.8) is 0 Å². The summed E-state index contributed by atoms with van der Waals surface area (Å²) >= 11 is 0. The smallest absolute Gasteiger partial charge is 0.262 e. The van der Waals surface area contributed by atoms with E-state index >= 15 is 0 Å². The Morgan fingerprint density at radius 1 is 1.11 bits per heavy atom. The van der Waals surface area contributed by atoms with E-state index < -0.39 is 15.9 Å². The Morgan fingerprint density at radius 2 is 1.86 bits per heavy atom. The molecule has 7 nitrogen and oxygen atoms in total. The number of carbonyl (C=O) groups is 1. The van der Waals surface area contributed by atoms with Crippen LogP contribution in [0.15, 0.2) is 41.3 Å². The van der Waals surface area contributed by atoms with Gasteiger partial charge in [0.2, 0.25) is 10.0 Å². The minimum atomic E-state index is -3.63. The van der Waals surface area contributed by atoms with Crippen LogP contribution in [0.5, 0.6) is 11.5 Å². The Bertz CT molecular complexity index is 984. The van der Waals surface area contributed by atoms with Crippen molar-refractivity contribution >= 4 is 21.6 Å². The highest BCUT2D eigenvalue weighted by atomic mass is 32.2. The second-order valence-corrected chi connectivity index (χ2v) is 8.55. The van der Waals surface area contributed by atoms with Crippen molar-refractivity contribution in [2.24, 2.45) is 0 Å². The van der Waals surface area contributed by atoms with Gasteiger partial charge in [0.05, 0.1) is 17.7 Å². The minimum Gasteiger partial charge on any atom is -0.495 e. The van der Waals surface area contributed by atoms with E-state index in [2.05, 4.69) is 10.0 Å². The first-order chi connectivity index (χ1) is 13.3. The monoisotopic (exact) mass is 404 g/mol. The van der Waals surface area contributed by atoms with E-state index in [-0.39, 0.29) is 23.2 Å². The van der Waals surface area contributed by atoms with Crippen LogP contribution >= 0.6 is 0 Å². The maximum Gasteiger partial charge on any atom is 0.262 e. The molecule has 1 aliphatic rings. The van der Waals surface area contributed by atoms with E-state index in [1.165, 1.54) is 25.3 Å². The fourth-order valence-corrected chi connectivity index (χ4v) is 3.91.